The Morgan fingerprint density at radius 2 is 1.62 bits per heavy atom. The number of anilines is 2. The van der Waals surface area contributed by atoms with Crippen LogP contribution in [-0.2, 0) is 10.0 Å². The third kappa shape index (κ3) is 4.01. The van der Waals surface area contributed by atoms with E-state index in [1.807, 2.05) is 0 Å². The number of sulfonamides is 1. The summed E-state index contributed by atoms with van der Waals surface area (Å²) >= 11 is 0. The molecule has 0 aliphatic carbocycles. The van der Waals surface area contributed by atoms with Crippen LogP contribution in [-0.4, -0.2) is 31.4 Å². The zero-order chi connectivity index (χ0) is 23.0. The standard InChI is InChI=1S/C21H15N3O7S/c1-32(29,30)22-18-10-8-13(12-19(18)31-15-5-3-2-4-6-15)23-20(25)16-9-7-14(24(27)28)11-17(16)21(23)26/h2-12,22H,1H3. The predicted molar refractivity (Wildman–Crippen MR) is 116 cm³/mol. The van der Waals surface area contributed by atoms with Crippen LogP contribution in [0, 0.1) is 10.1 Å². The third-order valence-electron chi connectivity index (χ3n) is 4.57. The highest BCUT2D eigenvalue weighted by Crippen LogP contribution is 2.37. The molecule has 0 unspecified atom stereocenters. The highest BCUT2D eigenvalue weighted by atomic mass is 32.2. The molecule has 11 heteroatoms. The lowest BCUT2D eigenvalue weighted by atomic mass is 10.1. The van der Waals surface area contributed by atoms with E-state index in [4.69, 9.17) is 4.74 Å². The molecule has 0 saturated carbocycles. The summed E-state index contributed by atoms with van der Waals surface area (Å²) in [5.74, 6) is -0.932. The Morgan fingerprint density at radius 1 is 0.938 bits per heavy atom. The Hall–Kier alpha value is -4.25. The lowest BCUT2D eigenvalue weighted by Crippen LogP contribution is -2.29. The van der Waals surface area contributed by atoms with E-state index >= 15 is 0 Å². The molecule has 4 rings (SSSR count). The van der Waals surface area contributed by atoms with Gasteiger partial charge in [0.1, 0.15) is 5.75 Å². The van der Waals surface area contributed by atoms with Crippen LogP contribution in [0.2, 0.25) is 0 Å². The van der Waals surface area contributed by atoms with E-state index in [9.17, 15) is 28.1 Å². The molecule has 2 amide bonds. The number of ether oxygens (including phenoxy) is 1. The first-order chi connectivity index (χ1) is 15.1. The second-order valence-corrected chi connectivity index (χ2v) is 8.65. The van der Waals surface area contributed by atoms with Crippen molar-refractivity contribution in [3.05, 3.63) is 88.0 Å². The zero-order valence-corrected chi connectivity index (χ0v) is 17.3. The first kappa shape index (κ1) is 21.0. The van der Waals surface area contributed by atoms with Crippen LogP contribution in [0.1, 0.15) is 20.7 Å². The molecule has 10 nitrogen and oxygen atoms in total. The van der Waals surface area contributed by atoms with Gasteiger partial charge in [0.15, 0.2) is 5.75 Å². The van der Waals surface area contributed by atoms with Crippen LogP contribution in [0.3, 0.4) is 0 Å². The van der Waals surface area contributed by atoms with Crippen molar-refractivity contribution in [2.75, 3.05) is 15.9 Å². The number of nitrogens with one attached hydrogen (secondary N) is 1. The van der Waals surface area contributed by atoms with Crippen molar-refractivity contribution in [2.24, 2.45) is 0 Å². The number of benzene rings is 3. The molecule has 1 N–H and O–H groups in total. The van der Waals surface area contributed by atoms with Crippen molar-refractivity contribution in [3.8, 4) is 11.5 Å². The fourth-order valence-electron chi connectivity index (χ4n) is 3.21. The van der Waals surface area contributed by atoms with Gasteiger partial charge in [-0.15, -0.1) is 0 Å². The van der Waals surface area contributed by atoms with Crippen LogP contribution < -0.4 is 14.4 Å². The van der Waals surface area contributed by atoms with Crippen LogP contribution in [0.25, 0.3) is 0 Å². The maximum atomic E-state index is 12.9. The molecule has 0 saturated heterocycles. The lowest BCUT2D eigenvalue weighted by molar-refractivity contribution is -0.384. The monoisotopic (exact) mass is 453 g/mol. The smallest absolute Gasteiger partial charge is 0.270 e. The number of hydrogen-bond donors (Lipinski definition) is 1. The van der Waals surface area contributed by atoms with Gasteiger partial charge in [-0.3, -0.25) is 24.4 Å². The van der Waals surface area contributed by atoms with Gasteiger partial charge in [0.2, 0.25) is 10.0 Å². The Morgan fingerprint density at radius 3 is 2.28 bits per heavy atom. The number of carbonyl (C=O) groups is 2. The molecule has 1 aliphatic heterocycles. The number of carbonyl (C=O) groups excluding carboxylic acids is 2. The van der Waals surface area contributed by atoms with Crippen molar-refractivity contribution in [1.82, 2.24) is 0 Å². The maximum Gasteiger partial charge on any atom is 0.270 e. The van der Waals surface area contributed by atoms with Crippen LogP contribution in [0.4, 0.5) is 17.1 Å². The average Bonchev–Trinajstić information content (AvgIpc) is 2.99. The Kier molecular flexibility index (Phi) is 5.11. The largest absolute Gasteiger partial charge is 0.455 e. The van der Waals surface area contributed by atoms with E-state index in [2.05, 4.69) is 4.72 Å². The van der Waals surface area contributed by atoms with E-state index in [0.29, 0.717) is 5.75 Å². The summed E-state index contributed by atoms with van der Waals surface area (Å²) in [5.41, 5.74) is -0.152. The van der Waals surface area contributed by atoms with E-state index in [-0.39, 0.29) is 33.9 Å². The summed E-state index contributed by atoms with van der Waals surface area (Å²) in [6, 6.07) is 16.0. The Bertz CT molecular complexity index is 1370. The number of non-ortho nitro benzene ring substituents is 1. The molecule has 0 spiro atoms. The second kappa shape index (κ2) is 7.78. The van der Waals surface area contributed by atoms with Gasteiger partial charge in [-0.1, -0.05) is 18.2 Å². The molecule has 162 valence electrons. The Labute approximate surface area is 182 Å². The molecular formula is C21H15N3O7S. The minimum Gasteiger partial charge on any atom is -0.455 e. The molecule has 0 aromatic heterocycles. The zero-order valence-electron chi connectivity index (χ0n) is 16.5. The number of nitro groups is 1. The molecule has 3 aromatic carbocycles. The molecule has 3 aromatic rings. The molecule has 1 heterocycles. The van der Waals surface area contributed by atoms with Gasteiger partial charge in [0.05, 0.1) is 33.7 Å². The first-order valence-electron chi connectivity index (χ1n) is 9.16. The highest BCUT2D eigenvalue weighted by Gasteiger charge is 2.38. The van der Waals surface area contributed by atoms with Crippen LogP contribution in [0.5, 0.6) is 11.5 Å². The predicted octanol–water partition coefficient (Wildman–Crippen LogP) is 3.56. The summed E-state index contributed by atoms with van der Waals surface area (Å²) in [4.78, 5) is 37.0. The maximum absolute atomic E-state index is 12.9. The quantitative estimate of drug-likeness (QED) is 0.342. The molecule has 0 atom stereocenters. The highest BCUT2D eigenvalue weighted by molar-refractivity contribution is 7.92. The number of imide groups is 1. The van der Waals surface area contributed by atoms with Crippen molar-refractivity contribution in [1.29, 1.82) is 0 Å². The van der Waals surface area contributed by atoms with Gasteiger partial charge in [0.25, 0.3) is 17.5 Å². The van der Waals surface area contributed by atoms with Gasteiger partial charge in [0, 0.05) is 18.2 Å². The van der Waals surface area contributed by atoms with E-state index < -0.39 is 26.8 Å². The topological polar surface area (TPSA) is 136 Å². The summed E-state index contributed by atoms with van der Waals surface area (Å²) in [6.07, 6.45) is 0.976. The molecule has 32 heavy (non-hydrogen) atoms. The number of amides is 2. The van der Waals surface area contributed by atoms with Crippen molar-refractivity contribution < 1.29 is 27.7 Å². The summed E-state index contributed by atoms with van der Waals surface area (Å²) in [5, 5.41) is 11.0. The summed E-state index contributed by atoms with van der Waals surface area (Å²) in [7, 11) is -3.64. The minimum absolute atomic E-state index is 0.0319. The van der Waals surface area contributed by atoms with E-state index in [1.165, 1.54) is 24.3 Å². The van der Waals surface area contributed by atoms with Gasteiger partial charge in [-0.25, -0.2) is 13.3 Å². The third-order valence-corrected chi connectivity index (χ3v) is 5.16. The van der Waals surface area contributed by atoms with E-state index in [1.54, 1.807) is 30.3 Å². The van der Waals surface area contributed by atoms with Crippen molar-refractivity contribution in [3.63, 3.8) is 0 Å². The average molecular weight is 453 g/mol. The molecular weight excluding hydrogens is 438 g/mol. The number of hydrogen-bond acceptors (Lipinski definition) is 7. The minimum atomic E-state index is -3.64. The van der Waals surface area contributed by atoms with E-state index in [0.717, 1.165) is 23.3 Å². The molecule has 0 fully saturated rings. The number of nitrogens with zero attached hydrogens (tertiary/aromatic N) is 2. The van der Waals surface area contributed by atoms with Crippen LogP contribution >= 0.6 is 0 Å². The lowest BCUT2D eigenvalue weighted by Gasteiger charge is -2.18. The Balaban J connectivity index is 1.76. The van der Waals surface area contributed by atoms with Crippen molar-refractivity contribution >= 4 is 38.9 Å². The van der Waals surface area contributed by atoms with Gasteiger partial charge in [-0.05, 0) is 30.3 Å². The molecule has 0 bridgehead atoms. The van der Waals surface area contributed by atoms with Crippen LogP contribution in [0.15, 0.2) is 66.7 Å². The molecule has 1 aliphatic rings. The number of rotatable bonds is 6. The normalized spacial score (nSPS) is 13.1. The van der Waals surface area contributed by atoms with Crippen molar-refractivity contribution in [2.45, 2.75) is 0 Å². The van der Waals surface area contributed by atoms with Gasteiger partial charge >= 0.3 is 0 Å². The second-order valence-electron chi connectivity index (χ2n) is 6.90. The number of fused-ring (bicyclic) bond motifs is 1. The van der Waals surface area contributed by atoms with Gasteiger partial charge in [-0.2, -0.15) is 0 Å². The molecule has 0 radical (unpaired) electrons. The van der Waals surface area contributed by atoms with Gasteiger partial charge < -0.3 is 4.74 Å². The number of para-hydroxylation sites is 1. The summed E-state index contributed by atoms with van der Waals surface area (Å²) in [6.45, 7) is 0. The first-order valence-corrected chi connectivity index (χ1v) is 11.0. The fourth-order valence-corrected chi connectivity index (χ4v) is 3.78. The number of nitro benzene ring substituents is 1. The fraction of sp³-hybridized carbons (Fsp3) is 0.0476. The SMILES string of the molecule is CS(=O)(=O)Nc1ccc(N2C(=O)c3ccc([N+](=O)[O-])cc3C2=O)cc1Oc1ccccc1. The summed E-state index contributed by atoms with van der Waals surface area (Å²) < 4.78 is 31.6.